The summed E-state index contributed by atoms with van der Waals surface area (Å²) in [5.74, 6) is -0.968. The van der Waals surface area contributed by atoms with Crippen LogP contribution in [0.3, 0.4) is 0 Å². The molecule has 1 saturated heterocycles. The fraction of sp³-hybridized carbons (Fsp3) is 0.500. The van der Waals surface area contributed by atoms with E-state index in [9.17, 15) is 14.7 Å². The molecule has 0 spiro atoms. The first-order valence-corrected chi connectivity index (χ1v) is 7.23. The van der Waals surface area contributed by atoms with Crippen LogP contribution in [-0.2, 0) is 4.74 Å². The van der Waals surface area contributed by atoms with Crippen LogP contribution in [0, 0.1) is 0 Å². The monoisotopic (exact) mass is 307 g/mol. The average molecular weight is 307 g/mol. The van der Waals surface area contributed by atoms with E-state index in [1.54, 1.807) is 6.07 Å². The van der Waals surface area contributed by atoms with Crippen molar-refractivity contribution in [3.63, 3.8) is 0 Å². The van der Waals surface area contributed by atoms with Crippen LogP contribution in [0.1, 0.15) is 34.6 Å². The molecule has 2 rings (SSSR count). The van der Waals surface area contributed by atoms with Crippen molar-refractivity contribution < 1.29 is 24.2 Å². The molecule has 0 bridgehead atoms. The van der Waals surface area contributed by atoms with Gasteiger partial charge in [0.1, 0.15) is 11.3 Å². The van der Waals surface area contributed by atoms with Gasteiger partial charge in [0.2, 0.25) is 0 Å². The third-order valence-electron chi connectivity index (χ3n) is 3.61. The van der Waals surface area contributed by atoms with Crippen molar-refractivity contribution in [3.05, 3.63) is 29.3 Å². The number of Topliss-reactive ketones (excluding diaryl/α,β-unsaturated/α-hetero) is 1. The summed E-state index contributed by atoms with van der Waals surface area (Å²) in [4.78, 5) is 25.6. The number of ketones is 1. The van der Waals surface area contributed by atoms with Gasteiger partial charge in [-0.1, -0.05) is 0 Å². The Morgan fingerprint density at radius 1 is 1.32 bits per heavy atom. The van der Waals surface area contributed by atoms with Crippen molar-refractivity contribution in [1.29, 1.82) is 0 Å². The fourth-order valence-electron chi connectivity index (χ4n) is 2.76. The van der Waals surface area contributed by atoms with Crippen molar-refractivity contribution in [2.75, 3.05) is 26.7 Å². The molecule has 1 heterocycles. The predicted octanol–water partition coefficient (Wildman–Crippen LogP) is 1.69. The number of carboxylic acids is 1. The first kappa shape index (κ1) is 16.5. The van der Waals surface area contributed by atoms with E-state index in [4.69, 9.17) is 9.47 Å². The Labute approximate surface area is 129 Å². The first-order valence-electron chi connectivity index (χ1n) is 7.23. The van der Waals surface area contributed by atoms with Crippen LogP contribution in [0.5, 0.6) is 5.75 Å². The summed E-state index contributed by atoms with van der Waals surface area (Å²) in [7, 11) is 1.40. The molecule has 1 aromatic carbocycles. The molecule has 2 unspecified atom stereocenters. The van der Waals surface area contributed by atoms with Crippen LogP contribution in [0.4, 0.5) is 0 Å². The van der Waals surface area contributed by atoms with Gasteiger partial charge in [-0.15, -0.1) is 0 Å². The molecule has 1 aliphatic heterocycles. The second-order valence-corrected chi connectivity index (χ2v) is 5.59. The van der Waals surface area contributed by atoms with Crippen molar-refractivity contribution in [2.45, 2.75) is 26.1 Å². The third-order valence-corrected chi connectivity index (χ3v) is 3.61. The third kappa shape index (κ3) is 3.84. The number of carbonyl (C=O) groups is 2. The van der Waals surface area contributed by atoms with Crippen LogP contribution >= 0.6 is 0 Å². The van der Waals surface area contributed by atoms with E-state index >= 15 is 0 Å². The van der Waals surface area contributed by atoms with Crippen LogP contribution in [0.25, 0.3) is 0 Å². The van der Waals surface area contributed by atoms with Crippen molar-refractivity contribution >= 4 is 11.8 Å². The Morgan fingerprint density at radius 2 is 1.95 bits per heavy atom. The Morgan fingerprint density at radius 3 is 2.50 bits per heavy atom. The highest BCUT2D eigenvalue weighted by Gasteiger charge is 2.24. The zero-order chi connectivity index (χ0) is 16.3. The van der Waals surface area contributed by atoms with Crippen LogP contribution in [0.2, 0.25) is 0 Å². The van der Waals surface area contributed by atoms with Gasteiger partial charge in [0.05, 0.1) is 25.9 Å². The SMILES string of the molecule is COc1ccc(C(=O)CN2CC(C)OC(C)C2)cc1C(=O)O. The zero-order valence-corrected chi connectivity index (χ0v) is 13.0. The second kappa shape index (κ2) is 6.89. The lowest BCUT2D eigenvalue weighted by Gasteiger charge is -2.34. The average Bonchev–Trinajstić information content (AvgIpc) is 2.45. The van der Waals surface area contributed by atoms with E-state index in [0.717, 1.165) is 0 Å². The maximum Gasteiger partial charge on any atom is 0.339 e. The molecule has 0 aliphatic carbocycles. The first-order chi connectivity index (χ1) is 10.4. The lowest BCUT2D eigenvalue weighted by Crippen LogP contribution is -2.47. The number of ether oxygens (including phenoxy) is 2. The van der Waals surface area contributed by atoms with Gasteiger partial charge in [-0.2, -0.15) is 0 Å². The molecule has 0 radical (unpaired) electrons. The molecule has 2 atom stereocenters. The minimum Gasteiger partial charge on any atom is -0.496 e. The molecule has 1 fully saturated rings. The molecule has 6 nitrogen and oxygen atoms in total. The van der Waals surface area contributed by atoms with E-state index in [1.807, 2.05) is 18.7 Å². The number of methoxy groups -OCH3 is 1. The topological polar surface area (TPSA) is 76.1 Å². The van der Waals surface area contributed by atoms with Gasteiger partial charge in [0.15, 0.2) is 5.78 Å². The summed E-state index contributed by atoms with van der Waals surface area (Å²) in [5, 5.41) is 9.18. The van der Waals surface area contributed by atoms with Crippen LogP contribution < -0.4 is 4.74 Å². The van der Waals surface area contributed by atoms with Gasteiger partial charge < -0.3 is 14.6 Å². The molecule has 1 aromatic rings. The minimum atomic E-state index is -1.11. The number of nitrogens with zero attached hydrogens (tertiary/aromatic N) is 1. The van der Waals surface area contributed by atoms with E-state index in [0.29, 0.717) is 18.7 Å². The Balaban J connectivity index is 2.12. The summed E-state index contributed by atoms with van der Waals surface area (Å²) in [6.45, 7) is 5.59. The largest absolute Gasteiger partial charge is 0.496 e. The predicted molar refractivity (Wildman–Crippen MR) is 80.7 cm³/mol. The van der Waals surface area contributed by atoms with Gasteiger partial charge in [-0.25, -0.2) is 4.79 Å². The molecule has 0 aromatic heterocycles. The van der Waals surface area contributed by atoms with Gasteiger partial charge in [0.25, 0.3) is 0 Å². The highest BCUT2D eigenvalue weighted by atomic mass is 16.5. The lowest BCUT2D eigenvalue weighted by molar-refractivity contribution is -0.0652. The van der Waals surface area contributed by atoms with E-state index in [1.165, 1.54) is 19.2 Å². The number of benzene rings is 1. The van der Waals surface area contributed by atoms with Gasteiger partial charge in [-0.3, -0.25) is 9.69 Å². The number of carboxylic acid groups (broad SMARTS) is 1. The minimum absolute atomic E-state index is 0.00272. The molecular weight excluding hydrogens is 286 g/mol. The molecule has 1 N–H and O–H groups in total. The number of hydrogen-bond acceptors (Lipinski definition) is 5. The quantitative estimate of drug-likeness (QED) is 0.834. The maximum absolute atomic E-state index is 12.4. The number of aromatic carboxylic acids is 1. The fourth-order valence-corrected chi connectivity index (χ4v) is 2.76. The molecular formula is C16H21NO5. The molecule has 0 saturated carbocycles. The van der Waals surface area contributed by atoms with Crippen molar-refractivity contribution in [1.82, 2.24) is 4.90 Å². The molecule has 0 amide bonds. The van der Waals surface area contributed by atoms with E-state index < -0.39 is 5.97 Å². The number of rotatable bonds is 5. The van der Waals surface area contributed by atoms with Crippen molar-refractivity contribution in [3.8, 4) is 5.75 Å². The smallest absolute Gasteiger partial charge is 0.339 e. The number of morpholine rings is 1. The van der Waals surface area contributed by atoms with Crippen molar-refractivity contribution in [2.24, 2.45) is 0 Å². The lowest BCUT2D eigenvalue weighted by atomic mass is 10.1. The molecule has 120 valence electrons. The number of carbonyl (C=O) groups excluding carboxylic acids is 1. The van der Waals surface area contributed by atoms with Crippen LogP contribution in [0.15, 0.2) is 18.2 Å². The summed E-state index contributed by atoms with van der Waals surface area (Å²) >= 11 is 0. The summed E-state index contributed by atoms with van der Waals surface area (Å²) < 4.78 is 10.6. The summed E-state index contributed by atoms with van der Waals surface area (Å²) in [6.07, 6.45) is 0.170. The Hall–Kier alpha value is -1.92. The molecule has 22 heavy (non-hydrogen) atoms. The highest BCUT2D eigenvalue weighted by Crippen LogP contribution is 2.21. The van der Waals surface area contributed by atoms with E-state index in [-0.39, 0.29) is 35.8 Å². The summed E-state index contributed by atoms with van der Waals surface area (Å²) in [5.41, 5.74) is 0.377. The Kier molecular flexibility index (Phi) is 5.15. The van der Waals surface area contributed by atoms with E-state index in [2.05, 4.69) is 0 Å². The normalized spacial score (nSPS) is 22.3. The van der Waals surface area contributed by atoms with Gasteiger partial charge in [-0.05, 0) is 32.0 Å². The van der Waals surface area contributed by atoms with Gasteiger partial charge in [0, 0.05) is 18.7 Å². The number of hydrogen-bond donors (Lipinski definition) is 1. The maximum atomic E-state index is 12.4. The standard InChI is InChI=1S/C16H21NO5/c1-10-7-17(8-11(2)22-10)9-14(18)12-4-5-15(21-3)13(6-12)16(19)20/h4-6,10-11H,7-9H2,1-3H3,(H,19,20). The highest BCUT2D eigenvalue weighted by molar-refractivity contribution is 6.01. The van der Waals surface area contributed by atoms with Crippen LogP contribution in [-0.4, -0.2) is 60.7 Å². The zero-order valence-electron chi connectivity index (χ0n) is 13.0. The summed E-state index contributed by atoms with van der Waals surface area (Å²) in [6, 6.07) is 4.49. The molecule has 1 aliphatic rings. The Bertz CT molecular complexity index is 562. The second-order valence-electron chi connectivity index (χ2n) is 5.59. The molecule has 6 heteroatoms. The van der Waals surface area contributed by atoms with Gasteiger partial charge >= 0.3 is 5.97 Å².